The number of thiocarbonyl (C=S) groups is 1. The summed E-state index contributed by atoms with van der Waals surface area (Å²) in [5.41, 5.74) is 2.33. The number of carbonyl (C=O) groups excluding carboxylic acids is 1. The molecule has 2 rings (SSSR count). The summed E-state index contributed by atoms with van der Waals surface area (Å²) < 4.78 is 6.61. The van der Waals surface area contributed by atoms with Crippen molar-refractivity contribution in [2.45, 2.75) is 26.8 Å². The van der Waals surface area contributed by atoms with Crippen molar-refractivity contribution >= 4 is 39.0 Å². The smallest absolute Gasteiger partial charge is 0.171 e. The minimum atomic E-state index is -0.310. The van der Waals surface area contributed by atoms with Gasteiger partial charge in [0.15, 0.2) is 10.9 Å². The van der Waals surface area contributed by atoms with Crippen LogP contribution in [0.5, 0.6) is 5.75 Å². The van der Waals surface area contributed by atoms with Gasteiger partial charge in [0.25, 0.3) is 0 Å². The van der Waals surface area contributed by atoms with Gasteiger partial charge in [-0.05, 0) is 51.2 Å². The van der Waals surface area contributed by atoms with Crippen molar-refractivity contribution in [1.29, 1.82) is 0 Å². The lowest BCUT2D eigenvalue weighted by molar-refractivity contribution is -0.114. The predicted octanol–water partition coefficient (Wildman–Crippen LogP) is 3.23. The molecule has 0 saturated carbocycles. The maximum atomic E-state index is 12.0. The highest BCUT2D eigenvalue weighted by Gasteiger charge is 2.29. The molecular weight excluding hydrogens is 352 g/mol. The first-order valence-corrected chi connectivity index (χ1v) is 7.85. The molecule has 21 heavy (non-hydrogen) atoms. The topological polar surface area (TPSA) is 50.4 Å². The lowest BCUT2D eigenvalue weighted by Gasteiger charge is -2.31. The zero-order chi connectivity index (χ0) is 15.6. The van der Waals surface area contributed by atoms with Gasteiger partial charge in [0.1, 0.15) is 5.75 Å². The van der Waals surface area contributed by atoms with Crippen molar-refractivity contribution in [2.24, 2.45) is 0 Å². The maximum Gasteiger partial charge on any atom is 0.171 e. The van der Waals surface area contributed by atoms with Crippen LogP contribution in [0.4, 0.5) is 0 Å². The predicted molar refractivity (Wildman–Crippen MR) is 90.3 cm³/mol. The Labute approximate surface area is 138 Å². The first-order valence-electron chi connectivity index (χ1n) is 6.65. The summed E-state index contributed by atoms with van der Waals surface area (Å²) in [4.78, 5) is 12.0. The molecule has 0 aliphatic carbocycles. The highest BCUT2D eigenvalue weighted by Crippen LogP contribution is 2.35. The van der Waals surface area contributed by atoms with Crippen LogP contribution in [0.1, 0.15) is 32.4 Å². The third-order valence-electron chi connectivity index (χ3n) is 3.23. The van der Waals surface area contributed by atoms with Crippen molar-refractivity contribution in [1.82, 2.24) is 10.6 Å². The molecule has 0 spiro atoms. The van der Waals surface area contributed by atoms with E-state index in [9.17, 15) is 4.79 Å². The lowest BCUT2D eigenvalue weighted by atomic mass is 9.92. The van der Waals surface area contributed by atoms with E-state index in [2.05, 4.69) is 26.6 Å². The number of hydrogen-bond donors (Lipinski definition) is 2. The van der Waals surface area contributed by atoms with Gasteiger partial charge in [0.2, 0.25) is 0 Å². The number of nitrogens with one attached hydrogen (secondary N) is 2. The average molecular weight is 369 g/mol. The van der Waals surface area contributed by atoms with Gasteiger partial charge in [-0.25, -0.2) is 0 Å². The molecular formula is C15H17BrN2O2S. The fourth-order valence-corrected chi connectivity index (χ4v) is 3.08. The molecule has 0 radical (unpaired) electrons. The van der Waals surface area contributed by atoms with Gasteiger partial charge >= 0.3 is 0 Å². The summed E-state index contributed by atoms with van der Waals surface area (Å²) in [5.74, 6) is 0.747. The monoisotopic (exact) mass is 368 g/mol. The van der Waals surface area contributed by atoms with E-state index in [1.54, 1.807) is 6.92 Å². The van der Waals surface area contributed by atoms with E-state index < -0.39 is 0 Å². The molecule has 1 aromatic carbocycles. The Morgan fingerprint density at radius 2 is 2.19 bits per heavy atom. The average Bonchev–Trinajstić information content (AvgIpc) is 2.39. The summed E-state index contributed by atoms with van der Waals surface area (Å²) in [6.07, 6.45) is 0. The fourth-order valence-electron chi connectivity index (χ4n) is 2.43. The summed E-state index contributed by atoms with van der Waals surface area (Å²) in [6, 6.07) is 5.45. The molecule has 1 atom stereocenters. The van der Waals surface area contributed by atoms with Crippen molar-refractivity contribution in [3.05, 3.63) is 39.5 Å². The molecule has 112 valence electrons. The van der Waals surface area contributed by atoms with E-state index >= 15 is 0 Å². The molecule has 0 unspecified atom stereocenters. The molecule has 2 N–H and O–H groups in total. The molecule has 1 aliphatic rings. The lowest BCUT2D eigenvalue weighted by Crippen LogP contribution is -2.44. The van der Waals surface area contributed by atoms with Crippen molar-refractivity contribution in [2.75, 3.05) is 6.61 Å². The Morgan fingerprint density at radius 3 is 2.81 bits per heavy atom. The van der Waals surface area contributed by atoms with Crippen molar-refractivity contribution < 1.29 is 9.53 Å². The van der Waals surface area contributed by atoms with E-state index in [0.717, 1.165) is 21.5 Å². The van der Waals surface area contributed by atoms with Gasteiger partial charge in [-0.3, -0.25) is 4.79 Å². The second-order valence-corrected chi connectivity index (χ2v) is 6.07. The highest BCUT2D eigenvalue weighted by molar-refractivity contribution is 9.10. The highest BCUT2D eigenvalue weighted by atomic mass is 79.9. The van der Waals surface area contributed by atoms with Crippen molar-refractivity contribution in [3.8, 4) is 5.75 Å². The second-order valence-electron chi connectivity index (χ2n) is 4.74. The summed E-state index contributed by atoms with van der Waals surface area (Å²) in [5, 5.41) is 6.67. The van der Waals surface area contributed by atoms with Crippen LogP contribution in [0.25, 0.3) is 0 Å². The summed E-state index contributed by atoms with van der Waals surface area (Å²) in [6.45, 7) is 5.90. The fraction of sp³-hybridized carbons (Fsp3) is 0.333. The normalized spacial score (nSPS) is 18.1. The number of Topliss-reactive ketones (excluding diaryl/α,β-unsaturated/α-hetero) is 1. The minimum absolute atomic E-state index is 0.00224. The minimum Gasteiger partial charge on any atom is -0.494 e. The Hall–Kier alpha value is -1.40. The third-order valence-corrected chi connectivity index (χ3v) is 3.94. The number of halogens is 1. The van der Waals surface area contributed by atoms with E-state index in [1.807, 2.05) is 32.0 Å². The zero-order valence-electron chi connectivity index (χ0n) is 12.1. The van der Waals surface area contributed by atoms with Crippen LogP contribution in [0.15, 0.2) is 33.9 Å². The van der Waals surface area contributed by atoms with E-state index in [1.165, 1.54) is 0 Å². The maximum absolute atomic E-state index is 12.0. The van der Waals surface area contributed by atoms with Crippen LogP contribution in [0.3, 0.4) is 0 Å². The third kappa shape index (κ3) is 3.44. The molecule has 4 nitrogen and oxygen atoms in total. The molecule has 0 fully saturated rings. The molecule has 1 aliphatic heterocycles. The number of allylic oxidation sites excluding steroid dienone is 1. The van der Waals surface area contributed by atoms with Gasteiger partial charge < -0.3 is 15.4 Å². The SMILES string of the molecule is CCOc1ccc(Br)cc1[C@H]1NC(=S)NC(C)=C1C(C)=O. The number of carbonyl (C=O) groups is 1. The van der Waals surface area contributed by atoms with Crippen LogP contribution in [0, 0.1) is 0 Å². The molecule has 0 amide bonds. The summed E-state index contributed by atoms with van der Waals surface area (Å²) >= 11 is 8.69. The van der Waals surface area contributed by atoms with Gasteiger partial charge in [-0.1, -0.05) is 15.9 Å². The van der Waals surface area contributed by atoms with Crippen LogP contribution in [0.2, 0.25) is 0 Å². The van der Waals surface area contributed by atoms with Crippen LogP contribution < -0.4 is 15.4 Å². The van der Waals surface area contributed by atoms with E-state index in [0.29, 0.717) is 17.3 Å². The Balaban J connectivity index is 2.57. The van der Waals surface area contributed by atoms with Crippen LogP contribution in [-0.2, 0) is 4.79 Å². The summed E-state index contributed by atoms with van der Waals surface area (Å²) in [7, 11) is 0. The number of ketones is 1. The standard InChI is InChI=1S/C15H17BrN2O2S/c1-4-20-12-6-5-10(16)7-11(12)14-13(9(3)19)8(2)17-15(21)18-14/h5-7,14H,4H2,1-3H3,(H2,17,18,21)/t14-/m1/s1. The zero-order valence-corrected chi connectivity index (χ0v) is 14.5. The number of ether oxygens (including phenoxy) is 1. The van der Waals surface area contributed by atoms with Gasteiger partial charge in [0, 0.05) is 21.3 Å². The van der Waals surface area contributed by atoms with E-state index in [-0.39, 0.29) is 11.8 Å². The Morgan fingerprint density at radius 1 is 1.48 bits per heavy atom. The largest absolute Gasteiger partial charge is 0.494 e. The first kappa shape index (κ1) is 16.0. The Bertz CT molecular complexity index is 628. The molecule has 0 saturated heterocycles. The Kier molecular flexibility index (Phi) is 5.00. The van der Waals surface area contributed by atoms with Gasteiger partial charge in [-0.15, -0.1) is 0 Å². The quantitative estimate of drug-likeness (QED) is 0.799. The number of hydrogen-bond acceptors (Lipinski definition) is 3. The van der Waals surface area contributed by atoms with Crippen LogP contribution >= 0.6 is 28.1 Å². The number of rotatable bonds is 4. The molecule has 6 heteroatoms. The van der Waals surface area contributed by atoms with Gasteiger partial charge in [0.05, 0.1) is 12.6 Å². The number of benzene rings is 1. The molecule has 1 heterocycles. The molecule has 0 bridgehead atoms. The van der Waals surface area contributed by atoms with Gasteiger partial charge in [-0.2, -0.15) is 0 Å². The molecule has 1 aromatic rings. The van der Waals surface area contributed by atoms with Crippen LogP contribution in [-0.4, -0.2) is 17.5 Å². The first-order chi connectivity index (χ1) is 9.93. The van der Waals surface area contributed by atoms with E-state index in [4.69, 9.17) is 17.0 Å². The van der Waals surface area contributed by atoms with Crippen molar-refractivity contribution in [3.63, 3.8) is 0 Å². The molecule has 0 aromatic heterocycles. The second kappa shape index (κ2) is 6.58.